The molecule has 0 fully saturated rings. The Labute approximate surface area is 371 Å². The Balaban J connectivity index is 0.959. The van der Waals surface area contributed by atoms with E-state index in [2.05, 4.69) is 252 Å². The number of nitrogens with zero attached hydrogens (tertiary/aromatic N) is 2. The van der Waals surface area contributed by atoms with Crippen molar-refractivity contribution in [3.8, 4) is 39.1 Å². The highest BCUT2D eigenvalue weighted by Crippen LogP contribution is 2.45. The molecule has 0 aliphatic heterocycles. The minimum atomic E-state index is 1.10. The van der Waals surface area contributed by atoms with Crippen LogP contribution in [0.15, 0.2) is 243 Å². The zero-order chi connectivity index (χ0) is 42.1. The summed E-state index contributed by atoms with van der Waals surface area (Å²) in [5.41, 5.74) is 14.1. The number of fused-ring (bicyclic) bond motifs is 5. The van der Waals surface area contributed by atoms with E-state index < -0.39 is 0 Å². The van der Waals surface area contributed by atoms with E-state index in [1.807, 2.05) is 0 Å². The molecule has 298 valence electrons. The zero-order valence-electron chi connectivity index (χ0n) is 35.0. The van der Waals surface area contributed by atoms with Crippen LogP contribution in [-0.2, 0) is 0 Å². The van der Waals surface area contributed by atoms with Crippen LogP contribution >= 0.6 is 0 Å². The number of anilines is 3. The topological polar surface area (TPSA) is 8.17 Å². The van der Waals surface area contributed by atoms with Gasteiger partial charge in [0.1, 0.15) is 0 Å². The first-order valence-corrected chi connectivity index (χ1v) is 22.1. The minimum Gasteiger partial charge on any atom is -0.311 e. The van der Waals surface area contributed by atoms with Crippen LogP contribution in [0, 0.1) is 0 Å². The Morgan fingerprint density at radius 3 is 1.36 bits per heavy atom. The highest BCUT2D eigenvalue weighted by Gasteiger charge is 2.20. The van der Waals surface area contributed by atoms with Crippen LogP contribution in [0.25, 0.3) is 104 Å². The lowest BCUT2D eigenvalue weighted by Crippen LogP contribution is -2.09. The fraction of sp³-hybridized carbons (Fsp3) is 0. The molecule has 0 unspecified atom stereocenters. The van der Waals surface area contributed by atoms with Gasteiger partial charge in [-0.25, -0.2) is 0 Å². The zero-order valence-corrected chi connectivity index (χ0v) is 35.0. The fourth-order valence-corrected chi connectivity index (χ4v) is 10.2. The van der Waals surface area contributed by atoms with Crippen LogP contribution in [0.2, 0.25) is 0 Å². The molecule has 0 bridgehead atoms. The molecular weight excluding hydrogens is 773 g/mol. The molecule has 13 aromatic rings. The van der Waals surface area contributed by atoms with Gasteiger partial charge in [-0.2, -0.15) is 0 Å². The summed E-state index contributed by atoms with van der Waals surface area (Å²) >= 11 is 0. The van der Waals surface area contributed by atoms with Gasteiger partial charge >= 0.3 is 0 Å². The van der Waals surface area contributed by atoms with Crippen LogP contribution in [0.3, 0.4) is 0 Å². The number of benzene rings is 12. The molecule has 64 heavy (non-hydrogen) atoms. The van der Waals surface area contributed by atoms with Crippen molar-refractivity contribution in [2.24, 2.45) is 0 Å². The Morgan fingerprint density at radius 2 is 0.734 bits per heavy atom. The normalized spacial score (nSPS) is 11.8. The molecule has 2 heteroatoms. The van der Waals surface area contributed by atoms with Gasteiger partial charge in [0.2, 0.25) is 0 Å². The fourth-order valence-electron chi connectivity index (χ4n) is 10.2. The third-order valence-electron chi connectivity index (χ3n) is 13.3. The summed E-state index contributed by atoms with van der Waals surface area (Å²) in [4.78, 5) is 2.36. The first kappa shape index (κ1) is 36.2. The van der Waals surface area contributed by atoms with Gasteiger partial charge in [-0.3, -0.25) is 0 Å². The number of hydrogen-bond acceptors (Lipinski definition) is 1. The van der Waals surface area contributed by atoms with Crippen molar-refractivity contribution < 1.29 is 0 Å². The van der Waals surface area contributed by atoms with Gasteiger partial charge in [-0.1, -0.05) is 176 Å². The van der Waals surface area contributed by atoms with Gasteiger partial charge in [-0.15, -0.1) is 0 Å². The van der Waals surface area contributed by atoms with E-state index in [-0.39, 0.29) is 0 Å². The summed E-state index contributed by atoms with van der Waals surface area (Å²) in [6.45, 7) is 0. The Kier molecular flexibility index (Phi) is 8.25. The summed E-state index contributed by atoms with van der Waals surface area (Å²) in [5.74, 6) is 0. The lowest BCUT2D eigenvalue weighted by molar-refractivity contribution is 1.19. The van der Waals surface area contributed by atoms with E-state index >= 15 is 0 Å². The summed E-state index contributed by atoms with van der Waals surface area (Å²) in [6, 6.07) is 89.0. The smallest absolute Gasteiger partial charge is 0.0553 e. The Hall–Kier alpha value is -8.46. The van der Waals surface area contributed by atoms with E-state index in [0.29, 0.717) is 0 Å². The number of aromatic nitrogens is 1. The highest BCUT2D eigenvalue weighted by atomic mass is 15.1. The van der Waals surface area contributed by atoms with E-state index in [4.69, 9.17) is 0 Å². The quantitative estimate of drug-likeness (QED) is 0.146. The van der Waals surface area contributed by atoms with Crippen molar-refractivity contribution in [3.63, 3.8) is 0 Å². The maximum absolute atomic E-state index is 2.47. The molecule has 0 saturated carbocycles. The molecule has 13 rings (SSSR count). The van der Waals surface area contributed by atoms with E-state index in [9.17, 15) is 0 Å². The third-order valence-corrected chi connectivity index (χ3v) is 13.3. The van der Waals surface area contributed by atoms with E-state index in [0.717, 1.165) is 22.7 Å². The lowest BCUT2D eigenvalue weighted by atomic mass is 9.91. The van der Waals surface area contributed by atoms with Crippen LogP contribution < -0.4 is 4.90 Å². The molecule has 0 radical (unpaired) electrons. The second-order valence-electron chi connectivity index (χ2n) is 16.9. The third kappa shape index (κ3) is 5.88. The standard InChI is InChI=1S/C62H40N2/c1-3-10-41(11-4-1)44-20-29-52(30-21-44)63(53-31-22-45(23-32-53)42-12-5-2-6-13-42)54-33-24-46(25-34-54)50-28-37-58-57(39-50)62-56-36-27-48-17-9-16-47-18-19-51(61(56)60(47)48)40-59(62)64(58)55-35-26-43-14-7-8-15-49(43)38-55/h1-40H. The van der Waals surface area contributed by atoms with Gasteiger partial charge in [0.25, 0.3) is 0 Å². The van der Waals surface area contributed by atoms with E-state index in [1.54, 1.807) is 0 Å². The number of hydrogen-bond donors (Lipinski definition) is 0. The van der Waals surface area contributed by atoms with Gasteiger partial charge in [-0.05, 0) is 143 Å². The highest BCUT2D eigenvalue weighted by molar-refractivity contribution is 6.33. The maximum Gasteiger partial charge on any atom is 0.0553 e. The molecule has 12 aromatic carbocycles. The number of rotatable bonds is 7. The van der Waals surface area contributed by atoms with Gasteiger partial charge in [0, 0.05) is 33.5 Å². The molecule has 0 aliphatic rings. The van der Waals surface area contributed by atoms with Crippen molar-refractivity contribution in [1.29, 1.82) is 0 Å². The summed E-state index contributed by atoms with van der Waals surface area (Å²) in [5, 5.41) is 12.8. The van der Waals surface area contributed by atoms with E-state index in [1.165, 1.54) is 98.3 Å². The first-order valence-electron chi connectivity index (χ1n) is 22.1. The summed E-state index contributed by atoms with van der Waals surface area (Å²) in [6.07, 6.45) is 0. The van der Waals surface area contributed by atoms with Crippen LogP contribution in [0.4, 0.5) is 17.1 Å². The predicted molar refractivity (Wildman–Crippen MR) is 273 cm³/mol. The lowest BCUT2D eigenvalue weighted by Gasteiger charge is -2.26. The monoisotopic (exact) mass is 812 g/mol. The van der Waals surface area contributed by atoms with Crippen molar-refractivity contribution in [1.82, 2.24) is 4.57 Å². The molecule has 0 aliphatic carbocycles. The minimum absolute atomic E-state index is 1.10. The van der Waals surface area contributed by atoms with Gasteiger partial charge in [0.05, 0.1) is 11.0 Å². The van der Waals surface area contributed by atoms with Crippen LogP contribution in [0.5, 0.6) is 0 Å². The summed E-state index contributed by atoms with van der Waals surface area (Å²) < 4.78 is 2.47. The second-order valence-corrected chi connectivity index (χ2v) is 16.9. The van der Waals surface area contributed by atoms with Crippen LogP contribution in [0.1, 0.15) is 0 Å². The maximum atomic E-state index is 2.47. The average molecular weight is 813 g/mol. The molecule has 1 aromatic heterocycles. The molecule has 0 N–H and O–H groups in total. The molecular formula is C62H40N2. The van der Waals surface area contributed by atoms with Crippen molar-refractivity contribution in [2.75, 3.05) is 4.90 Å². The Morgan fingerprint density at radius 1 is 0.250 bits per heavy atom. The Bertz CT molecular complexity index is 3750. The molecule has 0 saturated heterocycles. The second kappa shape index (κ2) is 14.6. The molecule has 0 amide bonds. The SMILES string of the molecule is c1ccc(-c2ccc(N(c3ccc(-c4ccccc4)cc3)c3ccc(-c4ccc5c(c4)c4c6ccc7cccc8ccc(cc4n5-c4ccc5ccccc5c4)c6c87)cc3)cc2)cc1. The van der Waals surface area contributed by atoms with Crippen molar-refractivity contribution in [2.45, 2.75) is 0 Å². The molecule has 0 spiro atoms. The average Bonchev–Trinajstić information content (AvgIpc) is 3.70. The van der Waals surface area contributed by atoms with Gasteiger partial charge in [0.15, 0.2) is 0 Å². The largest absolute Gasteiger partial charge is 0.311 e. The summed E-state index contributed by atoms with van der Waals surface area (Å²) in [7, 11) is 0. The van der Waals surface area contributed by atoms with Crippen molar-refractivity contribution >= 4 is 82.0 Å². The molecule has 1 heterocycles. The van der Waals surface area contributed by atoms with Crippen LogP contribution in [-0.4, -0.2) is 4.57 Å². The first-order chi connectivity index (χ1) is 31.7. The molecule has 0 atom stereocenters. The van der Waals surface area contributed by atoms with Crippen molar-refractivity contribution in [3.05, 3.63) is 243 Å². The molecule has 2 nitrogen and oxygen atoms in total. The van der Waals surface area contributed by atoms with Gasteiger partial charge < -0.3 is 9.47 Å². The predicted octanol–water partition coefficient (Wildman–Crippen LogP) is 17.3.